The number of esters is 1. The first-order valence-electron chi connectivity index (χ1n) is 8.63. The number of anilines is 1. The Bertz CT molecular complexity index is 1160. The average molecular weight is 485 g/mol. The number of carbonyl (C=O) groups is 1. The third kappa shape index (κ3) is 5.70. The topological polar surface area (TPSA) is 137 Å². The number of nitrogens with zero attached hydrogens (tertiary/aromatic N) is 3. The molecule has 0 aliphatic heterocycles. The van der Waals surface area contributed by atoms with Crippen LogP contribution >= 0.6 is 15.9 Å². The van der Waals surface area contributed by atoms with Gasteiger partial charge in [0.25, 0.3) is 5.69 Å². The summed E-state index contributed by atoms with van der Waals surface area (Å²) in [5.74, 6) is -0.162. The Kier molecular flexibility index (Phi) is 6.67. The van der Waals surface area contributed by atoms with Crippen molar-refractivity contribution in [3.63, 3.8) is 0 Å². The number of benzene rings is 3. The van der Waals surface area contributed by atoms with Gasteiger partial charge < -0.3 is 4.74 Å². The highest BCUT2D eigenvalue weighted by molar-refractivity contribution is 9.10. The summed E-state index contributed by atoms with van der Waals surface area (Å²) >= 11 is 3.29. The maximum absolute atomic E-state index is 12.1. The number of nitrogens with one attached hydrogen (secondary N) is 1. The zero-order valence-electron chi connectivity index (χ0n) is 15.6. The molecular weight excluding hydrogens is 472 g/mol. The number of carbonyl (C=O) groups excluding carboxylic acids is 1. The monoisotopic (exact) mass is 484 g/mol. The molecule has 0 saturated carbocycles. The van der Waals surface area contributed by atoms with Gasteiger partial charge in [-0.3, -0.25) is 25.7 Å². The predicted octanol–water partition coefficient (Wildman–Crippen LogP) is 4.93. The minimum absolute atomic E-state index is 0.00639. The van der Waals surface area contributed by atoms with E-state index in [2.05, 4.69) is 26.5 Å². The van der Waals surface area contributed by atoms with Crippen LogP contribution in [0.25, 0.3) is 0 Å². The van der Waals surface area contributed by atoms with Gasteiger partial charge in [0.2, 0.25) is 0 Å². The average Bonchev–Trinajstić information content (AvgIpc) is 2.75. The summed E-state index contributed by atoms with van der Waals surface area (Å²) in [5.41, 5.74) is 2.67. The van der Waals surface area contributed by atoms with Crippen LogP contribution in [0, 0.1) is 20.2 Å². The second-order valence-electron chi connectivity index (χ2n) is 6.05. The van der Waals surface area contributed by atoms with Crippen LogP contribution in [-0.4, -0.2) is 22.0 Å². The van der Waals surface area contributed by atoms with E-state index < -0.39 is 27.2 Å². The molecule has 0 bridgehead atoms. The van der Waals surface area contributed by atoms with Gasteiger partial charge in [0.05, 0.1) is 27.7 Å². The maximum Gasteiger partial charge on any atom is 0.343 e. The van der Waals surface area contributed by atoms with E-state index in [-0.39, 0.29) is 5.69 Å². The van der Waals surface area contributed by atoms with Gasteiger partial charge in [-0.2, -0.15) is 5.10 Å². The normalized spacial score (nSPS) is 10.6. The SMILES string of the molecule is O=C(Oc1ccc(/C=N\Nc2ccc([N+](=O)[O-])cc2[N+](=O)[O-])cc1)c1ccc(Br)cc1. The summed E-state index contributed by atoms with van der Waals surface area (Å²) in [7, 11) is 0. The zero-order valence-corrected chi connectivity index (χ0v) is 17.2. The first kappa shape index (κ1) is 21.6. The Balaban J connectivity index is 1.65. The number of nitro benzene ring substituents is 2. The molecule has 0 spiro atoms. The number of halogens is 1. The summed E-state index contributed by atoms with van der Waals surface area (Å²) in [6.45, 7) is 0. The molecule has 0 unspecified atom stereocenters. The van der Waals surface area contributed by atoms with Crippen LogP contribution in [0.3, 0.4) is 0 Å². The third-order valence-corrected chi connectivity index (χ3v) is 4.49. The van der Waals surface area contributed by atoms with Gasteiger partial charge in [0, 0.05) is 10.5 Å². The van der Waals surface area contributed by atoms with Crippen molar-refractivity contribution in [3.05, 3.63) is 103 Å². The van der Waals surface area contributed by atoms with Gasteiger partial charge >= 0.3 is 11.7 Å². The van der Waals surface area contributed by atoms with E-state index in [9.17, 15) is 25.0 Å². The van der Waals surface area contributed by atoms with Gasteiger partial charge in [0.15, 0.2) is 0 Å². The Morgan fingerprint density at radius 3 is 2.26 bits per heavy atom. The van der Waals surface area contributed by atoms with Crippen LogP contribution in [-0.2, 0) is 0 Å². The lowest BCUT2D eigenvalue weighted by Crippen LogP contribution is -2.08. The molecule has 31 heavy (non-hydrogen) atoms. The van der Waals surface area contributed by atoms with E-state index in [0.29, 0.717) is 16.9 Å². The Morgan fingerprint density at radius 1 is 0.968 bits per heavy atom. The highest BCUT2D eigenvalue weighted by Crippen LogP contribution is 2.28. The molecule has 10 nitrogen and oxygen atoms in total. The Morgan fingerprint density at radius 2 is 1.65 bits per heavy atom. The first-order chi connectivity index (χ1) is 14.8. The smallest absolute Gasteiger partial charge is 0.343 e. The number of rotatable bonds is 7. The molecule has 0 radical (unpaired) electrons. The number of hydrogen-bond acceptors (Lipinski definition) is 8. The highest BCUT2D eigenvalue weighted by atomic mass is 79.9. The summed E-state index contributed by atoms with van der Waals surface area (Å²) < 4.78 is 6.14. The number of hydrazone groups is 1. The highest BCUT2D eigenvalue weighted by Gasteiger charge is 2.19. The number of non-ortho nitro benzene ring substituents is 1. The summed E-state index contributed by atoms with van der Waals surface area (Å²) in [6, 6.07) is 16.4. The lowest BCUT2D eigenvalue weighted by molar-refractivity contribution is -0.393. The number of ether oxygens (including phenoxy) is 1. The summed E-state index contributed by atoms with van der Waals surface area (Å²) in [4.78, 5) is 32.6. The molecule has 0 aliphatic rings. The second-order valence-corrected chi connectivity index (χ2v) is 6.97. The Labute approximate surface area is 183 Å². The van der Waals surface area contributed by atoms with Crippen molar-refractivity contribution in [2.24, 2.45) is 5.10 Å². The first-order valence-corrected chi connectivity index (χ1v) is 9.42. The van der Waals surface area contributed by atoms with E-state index in [1.54, 1.807) is 48.5 Å². The predicted molar refractivity (Wildman–Crippen MR) is 117 cm³/mol. The van der Waals surface area contributed by atoms with Gasteiger partial charge in [0.1, 0.15) is 11.4 Å². The van der Waals surface area contributed by atoms with Crippen molar-refractivity contribution < 1.29 is 19.4 Å². The van der Waals surface area contributed by atoms with Crippen LogP contribution in [0.5, 0.6) is 5.75 Å². The quantitative estimate of drug-likeness (QED) is 0.165. The molecular formula is C20H13BrN4O6. The van der Waals surface area contributed by atoms with Gasteiger partial charge in [-0.15, -0.1) is 0 Å². The number of nitro groups is 2. The van der Waals surface area contributed by atoms with Crippen molar-refractivity contribution in [3.8, 4) is 5.75 Å². The van der Waals surface area contributed by atoms with E-state index in [4.69, 9.17) is 4.74 Å². The molecule has 3 aromatic carbocycles. The van der Waals surface area contributed by atoms with Crippen LogP contribution < -0.4 is 10.2 Å². The number of hydrogen-bond donors (Lipinski definition) is 1. The molecule has 3 rings (SSSR count). The lowest BCUT2D eigenvalue weighted by atomic mass is 10.2. The fourth-order valence-corrected chi connectivity index (χ4v) is 2.69. The zero-order chi connectivity index (χ0) is 22.4. The van der Waals surface area contributed by atoms with E-state index in [1.165, 1.54) is 12.3 Å². The van der Waals surface area contributed by atoms with E-state index in [0.717, 1.165) is 16.6 Å². The molecule has 1 N–H and O–H groups in total. The van der Waals surface area contributed by atoms with Crippen LogP contribution in [0.2, 0.25) is 0 Å². The minimum atomic E-state index is -0.737. The Hall–Kier alpha value is -4.12. The van der Waals surface area contributed by atoms with Crippen LogP contribution in [0.4, 0.5) is 17.1 Å². The van der Waals surface area contributed by atoms with E-state index in [1.807, 2.05) is 0 Å². The molecule has 0 saturated heterocycles. The van der Waals surface area contributed by atoms with Crippen LogP contribution in [0.1, 0.15) is 15.9 Å². The lowest BCUT2D eigenvalue weighted by Gasteiger charge is -2.05. The van der Waals surface area contributed by atoms with Gasteiger partial charge in [-0.1, -0.05) is 15.9 Å². The van der Waals surface area contributed by atoms with E-state index >= 15 is 0 Å². The standard InChI is InChI=1S/C20H13BrN4O6/c21-15-5-3-14(4-6-15)20(26)31-17-8-1-13(2-9-17)12-22-23-18-10-7-16(24(27)28)11-19(18)25(29)30/h1-12,23H/b22-12-. The molecule has 0 aromatic heterocycles. The van der Waals surface area contributed by atoms with Crippen LogP contribution in [0.15, 0.2) is 76.3 Å². The maximum atomic E-state index is 12.1. The van der Waals surface area contributed by atoms with Crippen molar-refractivity contribution in [2.75, 3.05) is 5.43 Å². The molecule has 0 fully saturated rings. The molecule has 0 amide bonds. The van der Waals surface area contributed by atoms with Crippen molar-refractivity contribution in [1.82, 2.24) is 0 Å². The minimum Gasteiger partial charge on any atom is -0.423 e. The van der Waals surface area contributed by atoms with Gasteiger partial charge in [-0.05, 0) is 60.2 Å². The molecule has 0 heterocycles. The van der Waals surface area contributed by atoms with Gasteiger partial charge in [-0.25, -0.2) is 4.79 Å². The fraction of sp³-hybridized carbons (Fsp3) is 0. The summed E-state index contributed by atoms with van der Waals surface area (Å²) in [6.07, 6.45) is 1.39. The van der Waals surface area contributed by atoms with Crippen molar-refractivity contribution >= 4 is 45.2 Å². The second kappa shape index (κ2) is 9.59. The summed E-state index contributed by atoms with van der Waals surface area (Å²) in [5, 5.41) is 25.8. The molecule has 11 heteroatoms. The molecule has 0 atom stereocenters. The molecule has 156 valence electrons. The largest absolute Gasteiger partial charge is 0.423 e. The van der Waals surface area contributed by atoms with Crippen molar-refractivity contribution in [2.45, 2.75) is 0 Å². The molecule has 3 aromatic rings. The molecule has 0 aliphatic carbocycles. The third-order valence-electron chi connectivity index (χ3n) is 3.96. The van der Waals surface area contributed by atoms with Crippen molar-refractivity contribution in [1.29, 1.82) is 0 Å². The fourth-order valence-electron chi connectivity index (χ4n) is 2.43.